The van der Waals surface area contributed by atoms with Gasteiger partial charge < -0.3 is 10.2 Å². The summed E-state index contributed by atoms with van der Waals surface area (Å²) in [5.41, 5.74) is 0.993. The van der Waals surface area contributed by atoms with Crippen LogP contribution in [0.3, 0.4) is 0 Å². The second-order valence-electron chi connectivity index (χ2n) is 5.78. The molecule has 1 aliphatic rings. The quantitative estimate of drug-likeness (QED) is 0.784. The molecule has 2 rings (SSSR count). The molecule has 4 heteroatoms. The number of carbonyl (C=O) groups excluding carboxylic acids is 1. The average Bonchev–Trinajstić information content (AvgIpc) is 3.02. The molecular weight excluding hydrogens is 267 g/mol. The molecule has 1 heterocycles. The van der Waals surface area contributed by atoms with Crippen LogP contribution >= 0.6 is 0 Å². The van der Waals surface area contributed by atoms with E-state index in [0.29, 0.717) is 6.54 Å². The van der Waals surface area contributed by atoms with Gasteiger partial charge >= 0.3 is 0 Å². The molecule has 1 aromatic rings. The lowest BCUT2D eigenvalue weighted by Crippen LogP contribution is -2.37. The van der Waals surface area contributed by atoms with Crippen molar-refractivity contribution in [1.82, 2.24) is 10.2 Å². The number of unbranched alkanes of at least 4 members (excludes halogenated alkanes) is 2. The normalized spacial score (nSPS) is 17.9. The summed E-state index contributed by atoms with van der Waals surface area (Å²) in [4.78, 5) is 14.6. The Kier molecular flexibility index (Phi) is 6.18. The van der Waals surface area contributed by atoms with Crippen LogP contribution in [0.25, 0.3) is 0 Å². The van der Waals surface area contributed by atoms with E-state index in [1.165, 1.54) is 12.1 Å². The van der Waals surface area contributed by atoms with Crippen molar-refractivity contribution >= 4 is 5.91 Å². The summed E-state index contributed by atoms with van der Waals surface area (Å²) in [6.07, 6.45) is 4.23. The number of amides is 1. The monoisotopic (exact) mass is 292 g/mol. The molecule has 0 radical (unpaired) electrons. The highest BCUT2D eigenvalue weighted by atomic mass is 19.1. The van der Waals surface area contributed by atoms with Crippen LogP contribution in [0.5, 0.6) is 0 Å². The van der Waals surface area contributed by atoms with Gasteiger partial charge in [-0.15, -0.1) is 0 Å². The Morgan fingerprint density at radius 3 is 2.71 bits per heavy atom. The number of benzene rings is 1. The highest BCUT2D eigenvalue weighted by molar-refractivity contribution is 5.79. The van der Waals surface area contributed by atoms with E-state index in [2.05, 4.69) is 12.2 Å². The molecule has 21 heavy (non-hydrogen) atoms. The number of hydrogen-bond donors (Lipinski definition) is 1. The average molecular weight is 292 g/mol. The maximum atomic E-state index is 13.0. The summed E-state index contributed by atoms with van der Waals surface area (Å²) >= 11 is 0. The van der Waals surface area contributed by atoms with Crippen molar-refractivity contribution in [1.29, 1.82) is 0 Å². The van der Waals surface area contributed by atoms with Crippen LogP contribution in [0.4, 0.5) is 4.39 Å². The third-order valence-corrected chi connectivity index (χ3v) is 4.04. The van der Waals surface area contributed by atoms with E-state index in [1.807, 2.05) is 4.90 Å². The first-order valence-corrected chi connectivity index (χ1v) is 7.94. The van der Waals surface area contributed by atoms with Gasteiger partial charge in [0.2, 0.25) is 5.91 Å². The van der Waals surface area contributed by atoms with Gasteiger partial charge in [0.1, 0.15) is 5.82 Å². The van der Waals surface area contributed by atoms with Crippen LogP contribution in [0, 0.1) is 11.7 Å². The summed E-state index contributed by atoms with van der Waals surface area (Å²) in [6.45, 7) is 5.25. The molecular formula is C17H25FN2O. The zero-order valence-corrected chi connectivity index (χ0v) is 12.8. The molecule has 1 amide bonds. The maximum absolute atomic E-state index is 13.0. The lowest BCUT2D eigenvalue weighted by Gasteiger charge is -2.25. The van der Waals surface area contributed by atoms with Gasteiger partial charge in [-0.05, 0) is 37.1 Å². The largest absolute Gasteiger partial charge is 0.338 e. The Labute approximate surface area is 126 Å². The molecule has 0 aromatic heterocycles. The van der Waals surface area contributed by atoms with Crippen molar-refractivity contribution in [3.63, 3.8) is 0 Å². The molecule has 1 N–H and O–H groups in total. The van der Waals surface area contributed by atoms with E-state index in [4.69, 9.17) is 0 Å². The molecule has 1 unspecified atom stereocenters. The summed E-state index contributed by atoms with van der Waals surface area (Å²) in [5, 5.41) is 3.25. The minimum absolute atomic E-state index is 0.104. The van der Waals surface area contributed by atoms with Gasteiger partial charge in [-0.2, -0.15) is 0 Å². The topological polar surface area (TPSA) is 32.3 Å². The van der Waals surface area contributed by atoms with Crippen molar-refractivity contribution in [3.8, 4) is 0 Å². The molecule has 3 nitrogen and oxygen atoms in total. The fourth-order valence-corrected chi connectivity index (χ4v) is 2.75. The number of nitrogens with one attached hydrogen (secondary N) is 1. The molecule has 0 saturated carbocycles. The fraction of sp³-hybridized carbons (Fsp3) is 0.588. The predicted octanol–water partition coefficient (Wildman–Crippen LogP) is 2.95. The molecule has 1 atom stereocenters. The molecule has 116 valence electrons. The van der Waals surface area contributed by atoms with Gasteiger partial charge in [-0.1, -0.05) is 31.9 Å². The first-order chi connectivity index (χ1) is 10.2. The van der Waals surface area contributed by atoms with E-state index in [1.54, 1.807) is 12.1 Å². The van der Waals surface area contributed by atoms with E-state index >= 15 is 0 Å². The zero-order valence-electron chi connectivity index (χ0n) is 12.8. The number of nitrogens with zero attached hydrogens (tertiary/aromatic N) is 1. The number of carbonyl (C=O) groups is 1. The Hall–Kier alpha value is -1.42. The fourth-order valence-electron chi connectivity index (χ4n) is 2.75. The highest BCUT2D eigenvalue weighted by Crippen LogP contribution is 2.16. The van der Waals surface area contributed by atoms with Gasteiger partial charge in [0.25, 0.3) is 0 Å². The van der Waals surface area contributed by atoms with Crippen molar-refractivity contribution in [2.45, 2.75) is 39.2 Å². The van der Waals surface area contributed by atoms with Crippen LogP contribution < -0.4 is 5.32 Å². The molecule has 1 aliphatic heterocycles. The predicted molar refractivity (Wildman–Crippen MR) is 82.3 cm³/mol. The smallest absolute Gasteiger partial charge is 0.227 e. The standard InChI is InChI=1S/C17H25FN2O/c1-2-3-4-11-20(17(21)15-9-10-19-12-15)13-14-5-7-16(18)8-6-14/h5-8,15,19H,2-4,9-13H2,1H3. The number of rotatable bonds is 7. The highest BCUT2D eigenvalue weighted by Gasteiger charge is 2.26. The van der Waals surface area contributed by atoms with Crippen molar-refractivity contribution < 1.29 is 9.18 Å². The van der Waals surface area contributed by atoms with E-state index in [0.717, 1.165) is 50.9 Å². The van der Waals surface area contributed by atoms with Gasteiger partial charge in [-0.25, -0.2) is 4.39 Å². The molecule has 1 fully saturated rings. The summed E-state index contributed by atoms with van der Waals surface area (Å²) in [5.74, 6) is 0.107. The van der Waals surface area contributed by atoms with Crippen LogP contribution in [0.2, 0.25) is 0 Å². The molecule has 0 aliphatic carbocycles. The van der Waals surface area contributed by atoms with Gasteiger partial charge in [0, 0.05) is 19.6 Å². The lowest BCUT2D eigenvalue weighted by molar-refractivity contribution is -0.135. The Morgan fingerprint density at radius 2 is 2.10 bits per heavy atom. The minimum Gasteiger partial charge on any atom is -0.338 e. The van der Waals surface area contributed by atoms with Crippen molar-refractivity contribution in [2.75, 3.05) is 19.6 Å². The second kappa shape index (κ2) is 8.13. The van der Waals surface area contributed by atoms with Crippen molar-refractivity contribution in [3.05, 3.63) is 35.6 Å². The lowest BCUT2D eigenvalue weighted by atomic mass is 10.1. The SMILES string of the molecule is CCCCCN(Cc1ccc(F)cc1)C(=O)C1CCNC1. The third-order valence-electron chi connectivity index (χ3n) is 4.04. The summed E-state index contributed by atoms with van der Waals surface area (Å²) in [6, 6.07) is 6.45. The van der Waals surface area contributed by atoms with Crippen molar-refractivity contribution in [2.24, 2.45) is 5.92 Å². The Balaban J connectivity index is 1.99. The third kappa shape index (κ3) is 4.81. The minimum atomic E-state index is -0.234. The number of halogens is 1. The van der Waals surface area contributed by atoms with E-state index < -0.39 is 0 Å². The molecule has 0 bridgehead atoms. The molecule has 1 aromatic carbocycles. The maximum Gasteiger partial charge on any atom is 0.227 e. The van der Waals surface area contributed by atoms with Gasteiger partial charge in [0.15, 0.2) is 0 Å². The van der Waals surface area contributed by atoms with Crippen LogP contribution in [0.15, 0.2) is 24.3 Å². The summed E-state index contributed by atoms with van der Waals surface area (Å²) < 4.78 is 13.0. The Bertz CT molecular complexity index is 441. The van der Waals surface area contributed by atoms with Crippen LogP contribution in [0.1, 0.15) is 38.2 Å². The van der Waals surface area contributed by atoms with Gasteiger partial charge in [0.05, 0.1) is 5.92 Å². The van der Waals surface area contributed by atoms with Crippen LogP contribution in [-0.4, -0.2) is 30.4 Å². The number of hydrogen-bond acceptors (Lipinski definition) is 2. The van der Waals surface area contributed by atoms with Gasteiger partial charge in [-0.3, -0.25) is 4.79 Å². The second-order valence-corrected chi connectivity index (χ2v) is 5.78. The Morgan fingerprint density at radius 1 is 1.33 bits per heavy atom. The summed E-state index contributed by atoms with van der Waals surface area (Å²) in [7, 11) is 0. The van der Waals surface area contributed by atoms with Crippen LogP contribution in [-0.2, 0) is 11.3 Å². The van der Waals surface area contributed by atoms with E-state index in [-0.39, 0.29) is 17.6 Å². The first-order valence-electron chi connectivity index (χ1n) is 7.94. The zero-order chi connectivity index (χ0) is 15.1. The first kappa shape index (κ1) is 16.0. The molecule has 0 spiro atoms. The molecule has 1 saturated heterocycles. The van der Waals surface area contributed by atoms with E-state index in [9.17, 15) is 9.18 Å².